The van der Waals surface area contributed by atoms with E-state index in [1.165, 1.54) is 0 Å². The number of benzene rings is 1. The van der Waals surface area contributed by atoms with E-state index in [1.807, 2.05) is 68.4 Å². The van der Waals surface area contributed by atoms with Crippen molar-refractivity contribution < 1.29 is 13.9 Å². The standard InChI is InChI=1S/C17H22N2O3/c1-13-9-10-16(22-13)15(19(2)3)11-18-17(20)12-21-14-7-5-4-6-8-14/h4-10,15H,11-12H2,1-3H3,(H,18,20). The van der Waals surface area contributed by atoms with Crippen molar-refractivity contribution in [2.24, 2.45) is 0 Å². The van der Waals surface area contributed by atoms with Crippen LogP contribution < -0.4 is 10.1 Å². The zero-order valence-corrected chi connectivity index (χ0v) is 13.2. The van der Waals surface area contributed by atoms with E-state index >= 15 is 0 Å². The van der Waals surface area contributed by atoms with Crippen molar-refractivity contribution in [1.82, 2.24) is 10.2 Å². The highest BCUT2D eigenvalue weighted by molar-refractivity contribution is 5.77. The van der Waals surface area contributed by atoms with Crippen molar-refractivity contribution in [3.63, 3.8) is 0 Å². The van der Waals surface area contributed by atoms with Crippen LogP contribution in [0.15, 0.2) is 46.9 Å². The van der Waals surface area contributed by atoms with E-state index in [0.29, 0.717) is 12.3 Å². The minimum Gasteiger partial charge on any atom is -0.484 e. The van der Waals surface area contributed by atoms with Crippen LogP contribution in [0.25, 0.3) is 0 Å². The number of carbonyl (C=O) groups is 1. The number of nitrogens with zero attached hydrogens (tertiary/aromatic N) is 1. The van der Waals surface area contributed by atoms with Crippen LogP contribution in [0.2, 0.25) is 0 Å². The predicted molar refractivity (Wildman–Crippen MR) is 84.8 cm³/mol. The molecule has 5 heteroatoms. The van der Waals surface area contributed by atoms with Crippen molar-refractivity contribution in [2.45, 2.75) is 13.0 Å². The maximum atomic E-state index is 11.9. The van der Waals surface area contributed by atoms with Crippen molar-refractivity contribution in [3.05, 3.63) is 54.0 Å². The first-order valence-electron chi connectivity index (χ1n) is 7.23. The molecule has 0 saturated carbocycles. The van der Waals surface area contributed by atoms with Gasteiger partial charge in [0.05, 0.1) is 6.04 Å². The van der Waals surface area contributed by atoms with E-state index in [0.717, 1.165) is 11.5 Å². The van der Waals surface area contributed by atoms with Crippen LogP contribution in [0.4, 0.5) is 0 Å². The third-order valence-corrected chi connectivity index (χ3v) is 3.32. The number of aryl methyl sites for hydroxylation is 1. The summed E-state index contributed by atoms with van der Waals surface area (Å²) in [6.07, 6.45) is 0. The molecule has 1 aromatic heterocycles. The molecule has 0 aliphatic heterocycles. The van der Waals surface area contributed by atoms with Gasteiger partial charge in [0.15, 0.2) is 6.61 Å². The van der Waals surface area contributed by atoms with Crippen molar-refractivity contribution in [2.75, 3.05) is 27.2 Å². The Morgan fingerprint density at radius 3 is 2.55 bits per heavy atom. The van der Waals surface area contributed by atoms with Gasteiger partial charge in [-0.3, -0.25) is 9.69 Å². The quantitative estimate of drug-likeness (QED) is 0.853. The Kier molecular flexibility index (Phi) is 5.61. The van der Waals surface area contributed by atoms with E-state index < -0.39 is 0 Å². The van der Waals surface area contributed by atoms with E-state index in [4.69, 9.17) is 9.15 Å². The summed E-state index contributed by atoms with van der Waals surface area (Å²) in [6.45, 7) is 2.38. The highest BCUT2D eigenvalue weighted by atomic mass is 16.5. The maximum absolute atomic E-state index is 11.9. The summed E-state index contributed by atoms with van der Waals surface area (Å²) in [5, 5.41) is 2.88. The van der Waals surface area contributed by atoms with Crippen LogP contribution in [-0.2, 0) is 4.79 Å². The molecular formula is C17H22N2O3. The first kappa shape index (κ1) is 16.1. The van der Waals surface area contributed by atoms with Crippen LogP contribution in [-0.4, -0.2) is 38.1 Å². The van der Waals surface area contributed by atoms with E-state index in [2.05, 4.69) is 5.32 Å². The summed E-state index contributed by atoms with van der Waals surface area (Å²) in [6, 6.07) is 13.1. The number of rotatable bonds is 7. The molecule has 5 nitrogen and oxygen atoms in total. The fourth-order valence-electron chi connectivity index (χ4n) is 2.10. The van der Waals surface area contributed by atoms with Crippen molar-refractivity contribution >= 4 is 5.91 Å². The molecule has 1 unspecified atom stereocenters. The Bertz CT molecular complexity index is 593. The first-order valence-corrected chi connectivity index (χ1v) is 7.23. The second-order valence-corrected chi connectivity index (χ2v) is 5.33. The molecule has 22 heavy (non-hydrogen) atoms. The largest absolute Gasteiger partial charge is 0.484 e. The molecule has 1 heterocycles. The second kappa shape index (κ2) is 7.66. The molecule has 0 saturated heterocycles. The molecule has 0 radical (unpaired) electrons. The third kappa shape index (κ3) is 4.63. The van der Waals surface area contributed by atoms with Gasteiger partial charge < -0.3 is 14.5 Å². The monoisotopic (exact) mass is 302 g/mol. The molecule has 1 atom stereocenters. The lowest BCUT2D eigenvalue weighted by Gasteiger charge is -2.22. The van der Waals surface area contributed by atoms with E-state index in [-0.39, 0.29) is 18.6 Å². The fraction of sp³-hybridized carbons (Fsp3) is 0.353. The number of ether oxygens (including phenoxy) is 1. The SMILES string of the molecule is Cc1ccc(C(CNC(=O)COc2ccccc2)N(C)C)o1. The molecule has 0 bridgehead atoms. The molecule has 2 aromatic rings. The van der Waals surface area contributed by atoms with Crippen molar-refractivity contribution in [3.8, 4) is 5.75 Å². The number of para-hydroxylation sites is 1. The molecule has 1 aromatic carbocycles. The Balaban J connectivity index is 1.83. The zero-order chi connectivity index (χ0) is 15.9. The molecule has 0 fully saturated rings. The fourth-order valence-corrected chi connectivity index (χ4v) is 2.10. The number of likely N-dealkylation sites (N-methyl/N-ethyl adjacent to an activating group) is 1. The number of nitrogens with one attached hydrogen (secondary N) is 1. The predicted octanol–water partition coefficient (Wildman–Crippen LogP) is 2.39. The van der Waals surface area contributed by atoms with Gasteiger partial charge in [-0.05, 0) is 45.3 Å². The summed E-state index contributed by atoms with van der Waals surface area (Å²) in [7, 11) is 3.91. The number of furan rings is 1. The van der Waals surface area contributed by atoms with Gasteiger partial charge in [0.2, 0.25) is 0 Å². The number of amides is 1. The van der Waals surface area contributed by atoms with Gasteiger partial charge in [0.25, 0.3) is 5.91 Å². The number of carbonyl (C=O) groups excluding carboxylic acids is 1. The van der Waals surface area contributed by atoms with Gasteiger partial charge in [0, 0.05) is 6.54 Å². The molecule has 0 spiro atoms. The smallest absolute Gasteiger partial charge is 0.258 e. The van der Waals surface area contributed by atoms with E-state index in [1.54, 1.807) is 0 Å². The number of hydrogen-bond donors (Lipinski definition) is 1. The molecule has 2 rings (SSSR count). The molecule has 0 aliphatic carbocycles. The third-order valence-electron chi connectivity index (χ3n) is 3.32. The van der Waals surface area contributed by atoms with Crippen molar-refractivity contribution in [1.29, 1.82) is 0 Å². The minimum absolute atomic E-state index is 0.00133. The zero-order valence-electron chi connectivity index (χ0n) is 13.2. The van der Waals surface area contributed by atoms with Crippen LogP contribution in [0.3, 0.4) is 0 Å². The van der Waals surface area contributed by atoms with Gasteiger partial charge in [0.1, 0.15) is 17.3 Å². The summed E-state index contributed by atoms with van der Waals surface area (Å²) in [5.74, 6) is 2.23. The molecule has 0 aliphatic rings. The maximum Gasteiger partial charge on any atom is 0.258 e. The van der Waals surface area contributed by atoms with Crippen LogP contribution in [0.1, 0.15) is 17.6 Å². The average Bonchev–Trinajstić information content (AvgIpc) is 2.92. The minimum atomic E-state index is -0.154. The van der Waals surface area contributed by atoms with Gasteiger partial charge in [-0.2, -0.15) is 0 Å². The summed E-state index contributed by atoms with van der Waals surface area (Å²) in [4.78, 5) is 13.9. The highest BCUT2D eigenvalue weighted by Gasteiger charge is 2.18. The first-order chi connectivity index (χ1) is 10.6. The molecule has 118 valence electrons. The topological polar surface area (TPSA) is 54.7 Å². The normalized spacial score (nSPS) is 12.2. The lowest BCUT2D eigenvalue weighted by molar-refractivity contribution is -0.123. The molecular weight excluding hydrogens is 280 g/mol. The molecule has 1 amide bonds. The van der Waals surface area contributed by atoms with Gasteiger partial charge in [-0.15, -0.1) is 0 Å². The van der Waals surface area contributed by atoms with Crippen LogP contribution >= 0.6 is 0 Å². The Morgan fingerprint density at radius 2 is 1.95 bits per heavy atom. The average molecular weight is 302 g/mol. The van der Waals surface area contributed by atoms with Gasteiger partial charge in [-0.1, -0.05) is 18.2 Å². The van der Waals surface area contributed by atoms with Gasteiger partial charge >= 0.3 is 0 Å². The summed E-state index contributed by atoms with van der Waals surface area (Å²) >= 11 is 0. The second-order valence-electron chi connectivity index (χ2n) is 5.33. The van der Waals surface area contributed by atoms with Crippen LogP contribution in [0, 0.1) is 6.92 Å². The molecule has 1 N–H and O–H groups in total. The lowest BCUT2D eigenvalue weighted by atomic mass is 10.2. The Labute approximate surface area is 130 Å². The lowest BCUT2D eigenvalue weighted by Crippen LogP contribution is -2.36. The van der Waals surface area contributed by atoms with Crippen LogP contribution in [0.5, 0.6) is 5.75 Å². The van der Waals surface area contributed by atoms with E-state index in [9.17, 15) is 4.79 Å². The number of hydrogen-bond acceptors (Lipinski definition) is 4. The van der Waals surface area contributed by atoms with Gasteiger partial charge in [-0.25, -0.2) is 0 Å². The highest BCUT2D eigenvalue weighted by Crippen LogP contribution is 2.19. The summed E-state index contributed by atoms with van der Waals surface area (Å²) in [5.41, 5.74) is 0. The summed E-state index contributed by atoms with van der Waals surface area (Å²) < 4.78 is 11.1. The Morgan fingerprint density at radius 1 is 1.23 bits per heavy atom. The Hall–Kier alpha value is -2.27.